The number of carboxylic acids is 1. The minimum absolute atomic E-state index is 0.000543. The minimum Gasteiger partial charge on any atom is -0.478 e. The second kappa shape index (κ2) is 8.99. The Morgan fingerprint density at radius 2 is 1.76 bits per heavy atom. The number of carbonyl (C=O) groups is 2. The van der Waals surface area contributed by atoms with Crippen LogP contribution in [0.4, 0.5) is 18.9 Å². The largest absolute Gasteiger partial charge is 0.478 e. The van der Waals surface area contributed by atoms with Gasteiger partial charge in [0.05, 0.1) is 28.2 Å². The minimum atomic E-state index is -4.94. The lowest BCUT2D eigenvalue weighted by Crippen LogP contribution is -2.18. The van der Waals surface area contributed by atoms with Gasteiger partial charge in [-0.1, -0.05) is 35.9 Å². The summed E-state index contributed by atoms with van der Waals surface area (Å²) < 4.78 is 45.2. The van der Waals surface area contributed by atoms with Crippen molar-refractivity contribution in [3.8, 4) is 22.7 Å². The zero-order valence-corrected chi connectivity index (χ0v) is 17.7. The van der Waals surface area contributed by atoms with Crippen molar-refractivity contribution < 1.29 is 32.3 Å². The fraction of sp³-hybridized carbons (Fsp3) is 0.0435. The van der Waals surface area contributed by atoms with E-state index in [4.69, 9.17) is 21.1 Å². The van der Waals surface area contributed by atoms with Gasteiger partial charge in [0.2, 0.25) is 11.7 Å². The number of nitrogens with one attached hydrogen (secondary N) is 1. The number of rotatable bonds is 5. The lowest BCUT2D eigenvalue weighted by molar-refractivity contribution is -0.153. The lowest BCUT2D eigenvalue weighted by Gasteiger charge is -2.08. The SMILES string of the molecule is O=C(O)c1ccc(-c2ccc(NC(=O)c3nc(-c4ccccc4)oc3C(F)(F)F)cn2)c(Cl)c1. The topological polar surface area (TPSA) is 105 Å². The molecule has 0 unspecified atom stereocenters. The highest BCUT2D eigenvalue weighted by molar-refractivity contribution is 6.33. The van der Waals surface area contributed by atoms with E-state index < -0.39 is 29.5 Å². The average Bonchev–Trinajstić information content (AvgIpc) is 3.27. The molecule has 0 radical (unpaired) electrons. The Morgan fingerprint density at radius 1 is 1.03 bits per heavy atom. The van der Waals surface area contributed by atoms with Crippen LogP contribution in [0.2, 0.25) is 5.02 Å². The number of anilines is 1. The van der Waals surface area contributed by atoms with E-state index in [0.29, 0.717) is 11.3 Å². The van der Waals surface area contributed by atoms with E-state index in [0.717, 1.165) is 0 Å². The number of alkyl halides is 3. The van der Waals surface area contributed by atoms with Crippen molar-refractivity contribution in [3.63, 3.8) is 0 Å². The Kier molecular flexibility index (Phi) is 6.08. The van der Waals surface area contributed by atoms with Gasteiger partial charge in [-0.15, -0.1) is 0 Å². The van der Waals surface area contributed by atoms with Crippen LogP contribution in [0.3, 0.4) is 0 Å². The van der Waals surface area contributed by atoms with Crippen molar-refractivity contribution in [3.05, 3.63) is 88.9 Å². The molecule has 0 saturated carbocycles. The summed E-state index contributed by atoms with van der Waals surface area (Å²) in [6.45, 7) is 0. The second-order valence-corrected chi connectivity index (χ2v) is 7.35. The van der Waals surface area contributed by atoms with Crippen LogP contribution in [0.5, 0.6) is 0 Å². The van der Waals surface area contributed by atoms with Crippen LogP contribution < -0.4 is 5.32 Å². The van der Waals surface area contributed by atoms with E-state index in [1.807, 2.05) is 0 Å². The van der Waals surface area contributed by atoms with Crippen LogP contribution in [0, 0.1) is 0 Å². The van der Waals surface area contributed by atoms with Gasteiger partial charge in [0.25, 0.3) is 5.91 Å². The summed E-state index contributed by atoms with van der Waals surface area (Å²) in [6.07, 6.45) is -3.71. The van der Waals surface area contributed by atoms with E-state index >= 15 is 0 Å². The number of benzene rings is 2. The molecular formula is C23H13ClF3N3O4. The average molecular weight is 488 g/mol. The Balaban J connectivity index is 1.59. The first-order chi connectivity index (χ1) is 16.1. The first-order valence-electron chi connectivity index (χ1n) is 9.57. The third kappa shape index (κ3) is 4.76. The lowest BCUT2D eigenvalue weighted by atomic mass is 10.1. The Morgan fingerprint density at radius 3 is 2.35 bits per heavy atom. The van der Waals surface area contributed by atoms with E-state index in [-0.39, 0.29) is 27.7 Å². The molecule has 2 aromatic carbocycles. The zero-order chi connectivity index (χ0) is 24.5. The number of hydrogen-bond acceptors (Lipinski definition) is 5. The first kappa shape index (κ1) is 23.0. The van der Waals surface area contributed by atoms with E-state index in [9.17, 15) is 22.8 Å². The Hall–Kier alpha value is -4.18. The van der Waals surface area contributed by atoms with E-state index in [1.165, 1.54) is 48.7 Å². The Bertz CT molecular complexity index is 1370. The number of aromatic nitrogens is 2. The molecule has 2 aromatic heterocycles. The van der Waals surface area contributed by atoms with Crippen LogP contribution in [0.15, 0.2) is 71.3 Å². The number of halogens is 4. The number of nitrogens with zero attached hydrogens (tertiary/aromatic N) is 2. The van der Waals surface area contributed by atoms with Crippen molar-refractivity contribution in [2.45, 2.75) is 6.18 Å². The number of carboxylic acid groups (broad SMARTS) is 1. The fourth-order valence-electron chi connectivity index (χ4n) is 3.04. The van der Waals surface area contributed by atoms with Crippen molar-refractivity contribution >= 4 is 29.2 Å². The van der Waals surface area contributed by atoms with Gasteiger partial charge in [0, 0.05) is 11.1 Å². The molecule has 0 aliphatic heterocycles. The molecule has 0 saturated heterocycles. The van der Waals surface area contributed by atoms with Crippen molar-refractivity contribution in [2.75, 3.05) is 5.32 Å². The van der Waals surface area contributed by atoms with E-state index in [2.05, 4.69) is 15.3 Å². The predicted octanol–water partition coefficient (Wildman–Crippen LogP) is 6.03. The molecule has 4 rings (SSSR count). The van der Waals surface area contributed by atoms with E-state index in [1.54, 1.807) is 18.2 Å². The second-order valence-electron chi connectivity index (χ2n) is 6.95. The maximum Gasteiger partial charge on any atom is 0.452 e. The molecule has 34 heavy (non-hydrogen) atoms. The number of pyridine rings is 1. The monoisotopic (exact) mass is 487 g/mol. The van der Waals surface area contributed by atoms with Gasteiger partial charge in [-0.25, -0.2) is 9.78 Å². The van der Waals surface area contributed by atoms with Crippen LogP contribution in [0.1, 0.15) is 26.6 Å². The fourth-order valence-corrected chi connectivity index (χ4v) is 3.32. The third-order valence-electron chi connectivity index (χ3n) is 4.63. The van der Waals surface area contributed by atoms with Gasteiger partial charge in [0.1, 0.15) is 0 Å². The maximum atomic E-state index is 13.5. The van der Waals surface area contributed by atoms with Crippen LogP contribution in [-0.2, 0) is 6.18 Å². The number of oxazole rings is 1. The molecular weight excluding hydrogens is 475 g/mol. The highest BCUT2D eigenvalue weighted by Crippen LogP contribution is 2.35. The van der Waals surface area contributed by atoms with Crippen molar-refractivity contribution in [1.29, 1.82) is 0 Å². The highest BCUT2D eigenvalue weighted by Gasteiger charge is 2.42. The normalized spacial score (nSPS) is 11.3. The van der Waals surface area contributed by atoms with Gasteiger partial charge in [-0.3, -0.25) is 9.78 Å². The van der Waals surface area contributed by atoms with Crippen LogP contribution in [0.25, 0.3) is 22.7 Å². The molecule has 0 bridgehead atoms. The molecule has 11 heteroatoms. The summed E-state index contributed by atoms with van der Waals surface area (Å²) in [5.74, 6) is -4.12. The molecule has 2 heterocycles. The molecule has 0 aliphatic carbocycles. The maximum absolute atomic E-state index is 13.5. The molecule has 172 valence electrons. The molecule has 0 spiro atoms. The van der Waals surface area contributed by atoms with Gasteiger partial charge < -0.3 is 14.8 Å². The van der Waals surface area contributed by atoms with Gasteiger partial charge in [0.15, 0.2) is 5.69 Å². The number of aromatic carboxylic acids is 1. The van der Waals surface area contributed by atoms with Crippen LogP contribution >= 0.6 is 11.6 Å². The summed E-state index contributed by atoms with van der Waals surface area (Å²) >= 11 is 6.13. The Labute approximate surface area is 194 Å². The van der Waals surface area contributed by atoms with Crippen molar-refractivity contribution in [2.24, 2.45) is 0 Å². The highest BCUT2D eigenvalue weighted by atomic mass is 35.5. The van der Waals surface area contributed by atoms with Crippen molar-refractivity contribution in [1.82, 2.24) is 9.97 Å². The summed E-state index contributed by atoms with van der Waals surface area (Å²) in [6, 6.07) is 14.9. The summed E-state index contributed by atoms with van der Waals surface area (Å²) in [5, 5.41) is 11.5. The van der Waals surface area contributed by atoms with Gasteiger partial charge in [-0.2, -0.15) is 13.2 Å². The predicted molar refractivity (Wildman–Crippen MR) is 117 cm³/mol. The molecule has 0 fully saturated rings. The molecule has 7 nitrogen and oxygen atoms in total. The number of carbonyl (C=O) groups excluding carboxylic acids is 1. The summed E-state index contributed by atoms with van der Waals surface area (Å²) in [7, 11) is 0. The standard InChI is InChI=1S/C23H13ClF3N3O4/c24-16-10-13(22(32)33)6-8-15(16)17-9-7-14(11-28-17)29-20(31)18-19(23(25,26)27)34-21(30-18)12-4-2-1-3-5-12/h1-11H,(H,29,31)(H,32,33). The quantitative estimate of drug-likeness (QED) is 0.356. The van der Waals surface area contributed by atoms with Gasteiger partial charge >= 0.3 is 12.1 Å². The summed E-state index contributed by atoms with van der Waals surface area (Å²) in [5.41, 5.74) is 0.272. The molecule has 2 N–H and O–H groups in total. The summed E-state index contributed by atoms with van der Waals surface area (Å²) in [4.78, 5) is 31.5. The third-order valence-corrected chi connectivity index (χ3v) is 4.95. The molecule has 0 aliphatic rings. The number of hydrogen-bond donors (Lipinski definition) is 2. The zero-order valence-electron chi connectivity index (χ0n) is 16.9. The van der Waals surface area contributed by atoms with Gasteiger partial charge in [-0.05, 0) is 36.4 Å². The molecule has 0 atom stereocenters. The molecule has 1 amide bonds. The first-order valence-corrected chi connectivity index (χ1v) is 9.95. The number of amides is 1. The van der Waals surface area contributed by atoms with Crippen LogP contribution in [-0.4, -0.2) is 27.0 Å². The smallest absolute Gasteiger partial charge is 0.452 e. The molecule has 4 aromatic rings.